The van der Waals surface area contributed by atoms with Gasteiger partial charge in [-0.3, -0.25) is 9.79 Å². The van der Waals surface area contributed by atoms with E-state index in [4.69, 9.17) is 11.6 Å². The van der Waals surface area contributed by atoms with Crippen LogP contribution in [-0.4, -0.2) is 53.7 Å². The summed E-state index contributed by atoms with van der Waals surface area (Å²) in [6.45, 7) is 4.47. The summed E-state index contributed by atoms with van der Waals surface area (Å²) in [6, 6.07) is 13.0. The van der Waals surface area contributed by atoms with Crippen LogP contribution in [0.3, 0.4) is 0 Å². The molecule has 1 fully saturated rings. The van der Waals surface area contributed by atoms with Crippen molar-refractivity contribution in [3.8, 4) is 0 Å². The first-order chi connectivity index (χ1) is 14.7. The van der Waals surface area contributed by atoms with E-state index in [1.807, 2.05) is 61.2 Å². The topological polar surface area (TPSA) is 78.8 Å². The Bertz CT molecular complexity index is 1130. The van der Waals surface area contributed by atoms with Crippen LogP contribution in [0.5, 0.6) is 0 Å². The summed E-state index contributed by atoms with van der Waals surface area (Å²) in [7, 11) is -3.10. The number of benzene rings is 2. The zero-order valence-electron chi connectivity index (χ0n) is 17.3. The van der Waals surface area contributed by atoms with Gasteiger partial charge in [-0.2, -0.15) is 0 Å². The maximum atomic E-state index is 12.6. The van der Waals surface area contributed by atoms with Crippen LogP contribution in [0, 0.1) is 13.8 Å². The Morgan fingerprint density at radius 2 is 1.94 bits per heavy atom. The number of hydrogen-bond donors (Lipinski definition) is 1. The predicted molar refractivity (Wildman–Crippen MR) is 128 cm³/mol. The molecule has 2 aromatic rings. The number of carbonyl (C=O) groups is 1. The van der Waals surface area contributed by atoms with Crippen molar-refractivity contribution in [2.45, 2.75) is 32.5 Å². The van der Waals surface area contributed by atoms with Crippen LogP contribution in [0.4, 0.5) is 5.69 Å². The van der Waals surface area contributed by atoms with Gasteiger partial charge >= 0.3 is 0 Å². The molecule has 164 valence electrons. The van der Waals surface area contributed by atoms with E-state index < -0.39 is 9.84 Å². The molecule has 2 aliphatic heterocycles. The summed E-state index contributed by atoms with van der Waals surface area (Å²) in [5.74, 6) is 0.244. The number of nitrogens with zero attached hydrogens (tertiary/aromatic N) is 2. The summed E-state index contributed by atoms with van der Waals surface area (Å²) >= 11 is 7.34. The molecule has 2 heterocycles. The lowest BCUT2D eigenvalue weighted by molar-refractivity contribution is -0.113. The average molecular weight is 478 g/mol. The Morgan fingerprint density at radius 1 is 1.19 bits per heavy atom. The number of anilines is 1. The third-order valence-corrected chi connectivity index (χ3v) is 8.44. The molecule has 0 aromatic heterocycles. The van der Waals surface area contributed by atoms with E-state index in [9.17, 15) is 13.2 Å². The molecule has 0 spiro atoms. The predicted octanol–water partition coefficient (Wildman–Crippen LogP) is 3.67. The average Bonchev–Trinajstić information content (AvgIpc) is 3.17. The first kappa shape index (κ1) is 22.2. The minimum atomic E-state index is -3.10. The number of halogens is 1. The second kappa shape index (κ2) is 8.84. The van der Waals surface area contributed by atoms with Crippen molar-refractivity contribution in [2.24, 2.45) is 4.99 Å². The molecule has 0 bridgehead atoms. The lowest BCUT2D eigenvalue weighted by Gasteiger charge is -2.26. The molecule has 0 radical (unpaired) electrons. The number of hydrogen-bond acceptors (Lipinski definition) is 6. The molecular weight excluding hydrogens is 454 g/mol. The largest absolute Gasteiger partial charge is 0.341 e. The molecule has 1 N–H and O–H groups in total. The van der Waals surface area contributed by atoms with E-state index in [0.29, 0.717) is 11.6 Å². The number of nitrogens with one attached hydrogen (secondary N) is 1. The normalized spacial score (nSPS) is 21.6. The number of amidine groups is 1. The molecule has 2 atom stereocenters. The number of carbonyl (C=O) groups excluding carboxylic acids is 1. The Morgan fingerprint density at radius 3 is 2.68 bits per heavy atom. The number of thioether (sulfide) groups is 1. The summed E-state index contributed by atoms with van der Waals surface area (Å²) in [5.41, 5.74) is 3.91. The van der Waals surface area contributed by atoms with Crippen LogP contribution in [0.15, 0.2) is 47.5 Å². The maximum absolute atomic E-state index is 12.6. The highest BCUT2D eigenvalue weighted by atomic mass is 35.5. The quantitative estimate of drug-likeness (QED) is 0.710. The third kappa shape index (κ3) is 5.25. The van der Waals surface area contributed by atoms with E-state index >= 15 is 0 Å². The van der Waals surface area contributed by atoms with Gasteiger partial charge in [-0.15, -0.1) is 0 Å². The first-order valence-corrected chi connectivity index (χ1v) is 13.2. The van der Waals surface area contributed by atoms with Gasteiger partial charge in [0.1, 0.15) is 0 Å². The van der Waals surface area contributed by atoms with Crippen LogP contribution >= 0.6 is 23.4 Å². The molecule has 2 aromatic carbocycles. The Balaban J connectivity index is 1.46. The Hall–Kier alpha value is -2.03. The summed E-state index contributed by atoms with van der Waals surface area (Å²) in [6.07, 6.45) is 0. The summed E-state index contributed by atoms with van der Waals surface area (Å²) < 4.78 is 24.3. The fraction of sp³-hybridized carbons (Fsp3) is 0.364. The molecule has 0 aliphatic carbocycles. The molecule has 0 unspecified atom stereocenters. The molecule has 4 rings (SSSR count). The minimum Gasteiger partial charge on any atom is -0.341 e. The fourth-order valence-corrected chi connectivity index (χ4v) is 6.78. The van der Waals surface area contributed by atoms with Crippen molar-refractivity contribution in [2.75, 3.05) is 22.6 Å². The van der Waals surface area contributed by atoms with E-state index in [1.165, 1.54) is 11.8 Å². The van der Waals surface area contributed by atoms with E-state index in [0.717, 1.165) is 27.5 Å². The van der Waals surface area contributed by atoms with E-state index in [2.05, 4.69) is 10.3 Å². The van der Waals surface area contributed by atoms with Crippen molar-refractivity contribution in [1.82, 2.24) is 4.90 Å². The van der Waals surface area contributed by atoms with Gasteiger partial charge in [-0.05, 0) is 48.7 Å². The van der Waals surface area contributed by atoms with Crippen molar-refractivity contribution >= 4 is 50.0 Å². The Labute approximate surface area is 192 Å². The SMILES string of the molecule is Cc1ccc(C)c(NC(=O)CSC2=N[C@H]3CS(=O)(=O)C[C@@H]3N2Cc2ccc(Cl)cc2)c1. The standard InChI is InChI=1S/C22H24ClN3O3S2/c1-14-3-4-15(2)18(9-14)24-21(27)11-30-22-25-19-12-31(28,29)13-20(19)26(22)10-16-5-7-17(23)8-6-16/h3-9,19-20H,10-13H2,1-2H3,(H,24,27)/t19-,20-/m0/s1. The number of rotatable bonds is 5. The van der Waals surface area contributed by atoms with Crippen LogP contribution in [0.2, 0.25) is 5.02 Å². The minimum absolute atomic E-state index is 0.0630. The summed E-state index contributed by atoms with van der Waals surface area (Å²) in [4.78, 5) is 19.3. The number of aliphatic imine (C=N–C) groups is 1. The Kier molecular flexibility index (Phi) is 6.32. The highest BCUT2D eigenvalue weighted by Gasteiger charge is 2.46. The molecule has 0 saturated carbocycles. The highest BCUT2D eigenvalue weighted by molar-refractivity contribution is 8.14. The van der Waals surface area contributed by atoms with Gasteiger partial charge in [0.2, 0.25) is 5.91 Å². The second-order valence-corrected chi connectivity index (χ2v) is 11.6. The van der Waals surface area contributed by atoms with Gasteiger partial charge in [-0.25, -0.2) is 8.42 Å². The van der Waals surface area contributed by atoms with Crippen molar-refractivity contribution in [1.29, 1.82) is 0 Å². The van der Waals surface area contributed by atoms with E-state index in [-0.39, 0.29) is 35.2 Å². The van der Waals surface area contributed by atoms with Crippen molar-refractivity contribution < 1.29 is 13.2 Å². The molecule has 6 nitrogen and oxygen atoms in total. The van der Waals surface area contributed by atoms with Gasteiger partial charge in [0, 0.05) is 17.3 Å². The van der Waals surface area contributed by atoms with Crippen LogP contribution < -0.4 is 5.32 Å². The number of aryl methyl sites for hydroxylation is 2. The molecule has 1 amide bonds. The number of fused-ring (bicyclic) bond motifs is 1. The van der Waals surface area contributed by atoms with E-state index in [1.54, 1.807) is 0 Å². The summed E-state index contributed by atoms with van der Waals surface area (Å²) in [5, 5.41) is 4.33. The third-order valence-electron chi connectivity index (χ3n) is 5.48. The lowest BCUT2D eigenvalue weighted by Crippen LogP contribution is -2.38. The van der Waals surface area contributed by atoms with Crippen molar-refractivity contribution in [3.63, 3.8) is 0 Å². The fourth-order valence-electron chi connectivity index (χ4n) is 3.87. The van der Waals surface area contributed by atoms with Gasteiger partial charge in [0.15, 0.2) is 15.0 Å². The van der Waals surface area contributed by atoms with Crippen LogP contribution in [-0.2, 0) is 21.2 Å². The van der Waals surface area contributed by atoms with Gasteiger partial charge < -0.3 is 10.2 Å². The van der Waals surface area contributed by atoms with Gasteiger partial charge in [-0.1, -0.05) is 47.6 Å². The highest BCUT2D eigenvalue weighted by Crippen LogP contribution is 2.32. The molecule has 2 aliphatic rings. The van der Waals surface area contributed by atoms with Crippen LogP contribution in [0.1, 0.15) is 16.7 Å². The van der Waals surface area contributed by atoms with Gasteiger partial charge in [0.25, 0.3) is 0 Å². The lowest BCUT2D eigenvalue weighted by atomic mass is 10.1. The number of amides is 1. The zero-order valence-corrected chi connectivity index (χ0v) is 19.7. The first-order valence-electron chi connectivity index (χ1n) is 9.99. The smallest absolute Gasteiger partial charge is 0.234 e. The molecule has 1 saturated heterocycles. The van der Waals surface area contributed by atoms with Crippen LogP contribution in [0.25, 0.3) is 0 Å². The monoisotopic (exact) mass is 477 g/mol. The number of sulfone groups is 1. The second-order valence-electron chi connectivity index (χ2n) is 8.03. The zero-order chi connectivity index (χ0) is 22.2. The maximum Gasteiger partial charge on any atom is 0.234 e. The molecule has 31 heavy (non-hydrogen) atoms. The van der Waals surface area contributed by atoms with Gasteiger partial charge in [0.05, 0.1) is 29.3 Å². The molecule has 9 heteroatoms. The van der Waals surface area contributed by atoms with Crippen molar-refractivity contribution in [3.05, 3.63) is 64.2 Å². The molecular formula is C22H24ClN3O3S2.